The van der Waals surface area contributed by atoms with Crippen molar-refractivity contribution in [2.75, 3.05) is 0 Å². The molecule has 0 spiro atoms. The summed E-state index contributed by atoms with van der Waals surface area (Å²) in [5, 5.41) is 4.14. The van der Waals surface area contributed by atoms with Gasteiger partial charge in [0.2, 0.25) is 0 Å². The van der Waals surface area contributed by atoms with Crippen LogP contribution in [0.1, 0.15) is 32.5 Å². The lowest BCUT2D eigenvalue weighted by atomic mass is 9.97. The van der Waals surface area contributed by atoms with Crippen LogP contribution in [0, 0.1) is 5.41 Å². The van der Waals surface area contributed by atoms with Gasteiger partial charge in [-0.15, -0.1) is 0 Å². The lowest BCUT2D eigenvalue weighted by Gasteiger charge is -2.17. The number of hydrogen-bond acceptors (Lipinski definition) is 3. The highest BCUT2D eigenvalue weighted by molar-refractivity contribution is 5.02. The van der Waals surface area contributed by atoms with Gasteiger partial charge in [-0.05, 0) is 25.2 Å². The molecule has 1 fully saturated rings. The van der Waals surface area contributed by atoms with Crippen LogP contribution in [0.2, 0.25) is 0 Å². The van der Waals surface area contributed by atoms with Crippen LogP contribution in [-0.2, 0) is 13.0 Å². The Bertz CT molecular complexity index is 314. The fraction of sp³-hybridized carbons (Fsp3) is 0.800. The number of aryl methyl sites for hydroxylation is 1. The average Bonchev–Trinajstić information content (AvgIpc) is 2.78. The van der Waals surface area contributed by atoms with Crippen LogP contribution in [0.3, 0.4) is 0 Å². The van der Waals surface area contributed by atoms with Crippen LogP contribution in [0.25, 0.3) is 0 Å². The molecule has 1 aliphatic rings. The molecule has 1 aromatic heterocycles. The van der Waals surface area contributed by atoms with Crippen molar-refractivity contribution in [3.8, 4) is 0 Å². The Labute approximate surface area is 84.5 Å². The summed E-state index contributed by atoms with van der Waals surface area (Å²) in [6.07, 6.45) is 4.98. The van der Waals surface area contributed by atoms with Gasteiger partial charge in [0.05, 0.1) is 0 Å². The summed E-state index contributed by atoms with van der Waals surface area (Å²) in [5.41, 5.74) is 6.51. The number of hydrogen-bond donors (Lipinski definition) is 1. The van der Waals surface area contributed by atoms with E-state index in [1.165, 1.54) is 12.8 Å². The van der Waals surface area contributed by atoms with E-state index >= 15 is 0 Å². The summed E-state index contributed by atoms with van der Waals surface area (Å²) in [4.78, 5) is 4.24. The molecule has 1 saturated carbocycles. The molecule has 1 heterocycles. The van der Waals surface area contributed by atoms with Crippen molar-refractivity contribution in [1.82, 2.24) is 14.8 Å². The maximum Gasteiger partial charge on any atom is 0.138 e. The predicted molar refractivity (Wildman–Crippen MR) is 54.7 cm³/mol. The lowest BCUT2D eigenvalue weighted by molar-refractivity contribution is 0.417. The van der Waals surface area contributed by atoms with Crippen molar-refractivity contribution in [3.63, 3.8) is 0 Å². The largest absolute Gasteiger partial charge is 0.327 e. The zero-order valence-corrected chi connectivity index (χ0v) is 8.90. The first-order valence-corrected chi connectivity index (χ1v) is 5.28. The second-order valence-electron chi connectivity index (χ2n) is 4.46. The Hall–Kier alpha value is -0.900. The van der Waals surface area contributed by atoms with E-state index in [0.717, 1.165) is 18.8 Å². The summed E-state index contributed by atoms with van der Waals surface area (Å²) in [5.74, 6) is 1.02. The fourth-order valence-corrected chi connectivity index (χ4v) is 1.72. The van der Waals surface area contributed by atoms with Gasteiger partial charge >= 0.3 is 0 Å². The molecule has 0 amide bonds. The summed E-state index contributed by atoms with van der Waals surface area (Å²) in [7, 11) is 0. The Morgan fingerprint density at radius 2 is 2.36 bits per heavy atom. The van der Waals surface area contributed by atoms with Crippen molar-refractivity contribution in [2.24, 2.45) is 11.1 Å². The molecule has 4 nitrogen and oxygen atoms in total. The van der Waals surface area contributed by atoms with Crippen LogP contribution < -0.4 is 5.73 Å². The minimum absolute atomic E-state index is 0.233. The van der Waals surface area contributed by atoms with Gasteiger partial charge in [-0.1, -0.05) is 6.92 Å². The van der Waals surface area contributed by atoms with Gasteiger partial charge in [-0.3, -0.25) is 4.68 Å². The first-order chi connectivity index (χ1) is 6.65. The van der Waals surface area contributed by atoms with E-state index in [4.69, 9.17) is 5.73 Å². The van der Waals surface area contributed by atoms with Gasteiger partial charge in [0, 0.05) is 19.0 Å². The van der Waals surface area contributed by atoms with Crippen molar-refractivity contribution >= 4 is 0 Å². The van der Waals surface area contributed by atoms with Crippen LogP contribution >= 0.6 is 0 Å². The number of rotatable bonds is 4. The molecule has 1 aromatic rings. The second-order valence-corrected chi connectivity index (χ2v) is 4.46. The van der Waals surface area contributed by atoms with Crippen molar-refractivity contribution in [2.45, 2.75) is 45.7 Å². The minimum atomic E-state index is 0.233. The quantitative estimate of drug-likeness (QED) is 0.777. The van der Waals surface area contributed by atoms with Crippen molar-refractivity contribution in [3.05, 3.63) is 12.2 Å². The summed E-state index contributed by atoms with van der Waals surface area (Å²) < 4.78 is 1.92. The van der Waals surface area contributed by atoms with Crippen LogP contribution in [0.15, 0.2) is 6.33 Å². The molecule has 1 atom stereocenters. The van der Waals surface area contributed by atoms with Crippen LogP contribution in [0.5, 0.6) is 0 Å². The monoisotopic (exact) mass is 194 g/mol. The molecule has 4 heteroatoms. The maximum absolute atomic E-state index is 6.15. The molecule has 1 aliphatic carbocycles. The topological polar surface area (TPSA) is 56.7 Å². The molecule has 0 aromatic carbocycles. The SMILES string of the molecule is CCn1ncnc1CC(N)C1(C)CC1. The third-order valence-corrected chi connectivity index (χ3v) is 3.33. The highest BCUT2D eigenvalue weighted by Crippen LogP contribution is 2.47. The molecule has 78 valence electrons. The molecule has 2 rings (SSSR count). The van der Waals surface area contributed by atoms with Crippen LogP contribution in [0.4, 0.5) is 0 Å². The molecule has 0 bridgehead atoms. The average molecular weight is 194 g/mol. The normalized spacial score (nSPS) is 20.8. The van der Waals surface area contributed by atoms with E-state index < -0.39 is 0 Å². The Kier molecular flexibility index (Phi) is 2.31. The molecule has 1 unspecified atom stereocenters. The van der Waals surface area contributed by atoms with E-state index in [1.807, 2.05) is 4.68 Å². The van der Waals surface area contributed by atoms with E-state index in [1.54, 1.807) is 6.33 Å². The van der Waals surface area contributed by atoms with Gasteiger partial charge in [0.25, 0.3) is 0 Å². The van der Waals surface area contributed by atoms with E-state index in [-0.39, 0.29) is 6.04 Å². The standard InChI is InChI=1S/C10H18N4/c1-3-14-9(12-7-13-14)6-8(11)10(2)4-5-10/h7-8H,3-6,11H2,1-2H3. The second kappa shape index (κ2) is 3.35. The number of nitrogens with two attached hydrogens (primary N) is 1. The first kappa shape index (κ1) is 9.65. The molecular formula is C10H18N4. The third kappa shape index (κ3) is 1.66. The van der Waals surface area contributed by atoms with E-state index in [9.17, 15) is 0 Å². The summed E-state index contributed by atoms with van der Waals surface area (Å²) >= 11 is 0. The van der Waals surface area contributed by atoms with Gasteiger partial charge in [-0.25, -0.2) is 4.98 Å². The molecular weight excluding hydrogens is 176 g/mol. The molecule has 0 radical (unpaired) electrons. The highest BCUT2D eigenvalue weighted by atomic mass is 15.3. The van der Waals surface area contributed by atoms with Crippen molar-refractivity contribution in [1.29, 1.82) is 0 Å². The minimum Gasteiger partial charge on any atom is -0.327 e. The first-order valence-electron chi connectivity index (χ1n) is 5.28. The van der Waals surface area contributed by atoms with Gasteiger partial charge in [-0.2, -0.15) is 5.10 Å². The predicted octanol–water partition coefficient (Wildman–Crippen LogP) is 0.968. The molecule has 0 aliphatic heterocycles. The maximum atomic E-state index is 6.15. The van der Waals surface area contributed by atoms with E-state index in [2.05, 4.69) is 23.9 Å². The molecule has 14 heavy (non-hydrogen) atoms. The van der Waals surface area contributed by atoms with Gasteiger partial charge in [0.1, 0.15) is 12.2 Å². The van der Waals surface area contributed by atoms with Gasteiger partial charge in [0.15, 0.2) is 0 Å². The lowest BCUT2D eigenvalue weighted by Crippen LogP contribution is -2.33. The van der Waals surface area contributed by atoms with Gasteiger partial charge < -0.3 is 5.73 Å². The van der Waals surface area contributed by atoms with Crippen LogP contribution in [-0.4, -0.2) is 20.8 Å². The molecule has 2 N–H and O–H groups in total. The fourth-order valence-electron chi connectivity index (χ4n) is 1.72. The third-order valence-electron chi connectivity index (χ3n) is 3.33. The Balaban J connectivity index is 2.03. The van der Waals surface area contributed by atoms with E-state index in [0.29, 0.717) is 5.41 Å². The van der Waals surface area contributed by atoms with Crippen molar-refractivity contribution < 1.29 is 0 Å². The zero-order chi connectivity index (χ0) is 10.2. The molecule has 0 saturated heterocycles. The zero-order valence-electron chi connectivity index (χ0n) is 8.90. The Morgan fingerprint density at radius 1 is 1.64 bits per heavy atom. The summed E-state index contributed by atoms with van der Waals surface area (Å²) in [6, 6.07) is 0.233. The number of aromatic nitrogens is 3. The summed E-state index contributed by atoms with van der Waals surface area (Å²) in [6.45, 7) is 5.20. The highest BCUT2D eigenvalue weighted by Gasteiger charge is 2.43. The number of nitrogens with zero attached hydrogens (tertiary/aromatic N) is 3. The smallest absolute Gasteiger partial charge is 0.138 e. The Morgan fingerprint density at radius 3 is 2.93 bits per heavy atom.